The molecular weight excluding hydrogens is 327 g/mol. The molecule has 2 aromatic rings. The molecule has 1 aromatic carbocycles. The lowest BCUT2D eigenvalue weighted by Gasteiger charge is -2.04. The number of hydrogen-bond donors (Lipinski definition) is 1. The molecule has 7 heteroatoms. The van der Waals surface area contributed by atoms with Crippen LogP contribution >= 0.6 is 35.0 Å². The van der Waals surface area contributed by atoms with Crippen LogP contribution in [-0.4, -0.2) is 27.3 Å². The lowest BCUT2D eigenvalue weighted by Crippen LogP contribution is -2.01. The highest BCUT2D eigenvalue weighted by atomic mass is 35.5. The van der Waals surface area contributed by atoms with Gasteiger partial charge in [-0.25, -0.2) is 0 Å². The summed E-state index contributed by atoms with van der Waals surface area (Å²) in [5, 5.41) is 9.72. The molecule has 0 aliphatic rings. The Bertz CT molecular complexity index is 574. The number of nitrogens with zero attached hydrogens (tertiary/aromatic N) is 3. The van der Waals surface area contributed by atoms with Gasteiger partial charge in [-0.2, -0.15) is 0 Å². The Morgan fingerprint density at radius 3 is 2.90 bits per heavy atom. The van der Waals surface area contributed by atoms with Crippen LogP contribution in [-0.2, 0) is 13.0 Å². The van der Waals surface area contributed by atoms with Gasteiger partial charge in [0.25, 0.3) is 0 Å². The Balaban J connectivity index is 1.79. The van der Waals surface area contributed by atoms with Crippen molar-refractivity contribution in [2.75, 3.05) is 12.3 Å². The third kappa shape index (κ3) is 5.51. The second-order valence-corrected chi connectivity index (χ2v) is 6.62. The van der Waals surface area contributed by atoms with Gasteiger partial charge in [-0.3, -0.25) is 4.68 Å². The van der Waals surface area contributed by atoms with Crippen LogP contribution in [0.5, 0.6) is 0 Å². The van der Waals surface area contributed by atoms with Gasteiger partial charge in [-0.15, -0.1) is 16.9 Å². The molecule has 0 saturated carbocycles. The molecule has 114 valence electrons. The minimum atomic E-state index is 0.699. The van der Waals surface area contributed by atoms with Crippen molar-refractivity contribution in [2.24, 2.45) is 5.73 Å². The second-order valence-electron chi connectivity index (χ2n) is 4.64. The molecule has 0 fully saturated rings. The number of benzene rings is 1. The number of aromatic nitrogens is 3. The molecule has 0 saturated heterocycles. The van der Waals surface area contributed by atoms with E-state index in [1.165, 1.54) is 0 Å². The van der Waals surface area contributed by atoms with E-state index in [0.717, 1.165) is 53.7 Å². The van der Waals surface area contributed by atoms with E-state index in [9.17, 15) is 0 Å². The average molecular weight is 345 g/mol. The van der Waals surface area contributed by atoms with Crippen molar-refractivity contribution in [1.82, 2.24) is 15.0 Å². The predicted octanol–water partition coefficient (Wildman–Crippen LogP) is 3.66. The van der Waals surface area contributed by atoms with E-state index < -0.39 is 0 Å². The standard InChI is InChI=1S/C14H18Cl2N4S/c15-11-4-5-13(16)14(9-11)21-8-7-20-10-12(18-19-20)3-1-2-6-17/h4-5,9-10H,1-3,6-8,17H2. The molecule has 2 N–H and O–H groups in total. The van der Waals surface area contributed by atoms with Crippen molar-refractivity contribution in [2.45, 2.75) is 30.7 Å². The number of aryl methyl sites for hydroxylation is 2. The average Bonchev–Trinajstić information content (AvgIpc) is 2.91. The molecule has 0 unspecified atom stereocenters. The summed E-state index contributed by atoms with van der Waals surface area (Å²) in [4.78, 5) is 0.993. The summed E-state index contributed by atoms with van der Waals surface area (Å²) in [6, 6.07) is 5.49. The molecule has 4 nitrogen and oxygen atoms in total. The van der Waals surface area contributed by atoms with Gasteiger partial charge in [0.05, 0.1) is 17.3 Å². The van der Waals surface area contributed by atoms with E-state index in [2.05, 4.69) is 10.3 Å². The number of thioether (sulfide) groups is 1. The molecule has 0 bridgehead atoms. The topological polar surface area (TPSA) is 56.7 Å². The van der Waals surface area contributed by atoms with Crippen molar-refractivity contribution in [3.05, 3.63) is 40.1 Å². The molecule has 0 atom stereocenters. The summed E-state index contributed by atoms with van der Waals surface area (Å²) in [5.74, 6) is 0.867. The maximum absolute atomic E-state index is 6.13. The first-order chi connectivity index (χ1) is 10.2. The van der Waals surface area contributed by atoms with Crippen LogP contribution in [0.1, 0.15) is 18.5 Å². The summed E-state index contributed by atoms with van der Waals surface area (Å²) in [6.45, 7) is 1.52. The van der Waals surface area contributed by atoms with E-state index in [1.54, 1.807) is 17.8 Å². The third-order valence-corrected chi connectivity index (χ3v) is 4.66. The zero-order valence-corrected chi connectivity index (χ0v) is 14.0. The van der Waals surface area contributed by atoms with Crippen molar-refractivity contribution < 1.29 is 0 Å². The number of nitrogens with two attached hydrogens (primary N) is 1. The molecule has 21 heavy (non-hydrogen) atoms. The fourth-order valence-corrected chi connectivity index (χ4v) is 3.28. The van der Waals surface area contributed by atoms with Gasteiger partial charge in [-0.1, -0.05) is 28.4 Å². The fraction of sp³-hybridized carbons (Fsp3) is 0.429. The Morgan fingerprint density at radius 2 is 2.10 bits per heavy atom. The minimum Gasteiger partial charge on any atom is -0.330 e. The van der Waals surface area contributed by atoms with Crippen molar-refractivity contribution in [3.63, 3.8) is 0 Å². The number of unbranched alkanes of at least 4 members (excludes halogenated alkanes) is 1. The van der Waals surface area contributed by atoms with Gasteiger partial charge < -0.3 is 5.73 Å². The summed E-state index contributed by atoms with van der Waals surface area (Å²) >= 11 is 13.8. The second kappa shape index (κ2) is 8.63. The SMILES string of the molecule is NCCCCc1cn(CCSc2cc(Cl)ccc2Cl)nn1. The first-order valence-electron chi connectivity index (χ1n) is 6.86. The van der Waals surface area contributed by atoms with E-state index in [-0.39, 0.29) is 0 Å². The van der Waals surface area contributed by atoms with Crippen molar-refractivity contribution in [3.8, 4) is 0 Å². The number of halogens is 2. The lowest BCUT2D eigenvalue weighted by molar-refractivity contribution is 0.631. The van der Waals surface area contributed by atoms with E-state index in [0.29, 0.717) is 5.02 Å². The Morgan fingerprint density at radius 1 is 1.24 bits per heavy atom. The van der Waals surface area contributed by atoms with Gasteiger partial charge in [0, 0.05) is 21.9 Å². The fourth-order valence-electron chi connectivity index (χ4n) is 1.85. The van der Waals surface area contributed by atoms with Gasteiger partial charge >= 0.3 is 0 Å². The van der Waals surface area contributed by atoms with Crippen LogP contribution < -0.4 is 5.73 Å². The highest BCUT2D eigenvalue weighted by Crippen LogP contribution is 2.29. The maximum Gasteiger partial charge on any atom is 0.0827 e. The summed E-state index contributed by atoms with van der Waals surface area (Å²) in [7, 11) is 0. The highest BCUT2D eigenvalue weighted by Gasteiger charge is 2.04. The zero-order valence-electron chi connectivity index (χ0n) is 11.6. The Hall–Kier alpha value is -0.750. The molecule has 0 aliphatic heterocycles. The Labute approximate surface area is 139 Å². The first-order valence-corrected chi connectivity index (χ1v) is 8.60. The number of hydrogen-bond acceptors (Lipinski definition) is 4. The van der Waals surface area contributed by atoms with Gasteiger partial charge in [-0.05, 0) is 44.0 Å². The third-order valence-electron chi connectivity index (χ3n) is 2.94. The van der Waals surface area contributed by atoms with Crippen LogP contribution in [0.15, 0.2) is 29.3 Å². The highest BCUT2D eigenvalue weighted by molar-refractivity contribution is 7.99. The molecule has 0 amide bonds. The number of rotatable bonds is 8. The minimum absolute atomic E-state index is 0.699. The molecular formula is C14H18Cl2N4S. The van der Waals surface area contributed by atoms with E-state index >= 15 is 0 Å². The molecule has 2 rings (SSSR count). The van der Waals surface area contributed by atoms with Crippen LogP contribution in [0.4, 0.5) is 0 Å². The van der Waals surface area contributed by atoms with Crippen molar-refractivity contribution in [1.29, 1.82) is 0 Å². The summed E-state index contributed by atoms with van der Waals surface area (Å²) < 4.78 is 1.86. The predicted molar refractivity (Wildman–Crippen MR) is 89.2 cm³/mol. The lowest BCUT2D eigenvalue weighted by atomic mass is 10.2. The maximum atomic E-state index is 6.13. The first kappa shape index (κ1) is 16.6. The van der Waals surface area contributed by atoms with Crippen LogP contribution in [0.25, 0.3) is 0 Å². The van der Waals surface area contributed by atoms with E-state index in [4.69, 9.17) is 28.9 Å². The molecule has 1 aromatic heterocycles. The Kier molecular flexibility index (Phi) is 6.83. The largest absolute Gasteiger partial charge is 0.330 e. The quantitative estimate of drug-likeness (QED) is 0.586. The van der Waals surface area contributed by atoms with E-state index in [1.807, 2.05) is 23.0 Å². The normalized spacial score (nSPS) is 11.0. The van der Waals surface area contributed by atoms with Crippen LogP contribution in [0.3, 0.4) is 0 Å². The monoisotopic (exact) mass is 344 g/mol. The van der Waals surface area contributed by atoms with Gasteiger partial charge in [0.15, 0.2) is 0 Å². The summed E-state index contributed by atoms with van der Waals surface area (Å²) in [5.41, 5.74) is 6.50. The van der Waals surface area contributed by atoms with Crippen molar-refractivity contribution >= 4 is 35.0 Å². The molecule has 0 radical (unpaired) electrons. The van der Waals surface area contributed by atoms with Gasteiger partial charge in [0.2, 0.25) is 0 Å². The molecule has 0 spiro atoms. The molecule has 1 heterocycles. The van der Waals surface area contributed by atoms with Crippen LogP contribution in [0, 0.1) is 0 Å². The zero-order chi connectivity index (χ0) is 15.1. The summed E-state index contributed by atoms with van der Waals surface area (Å²) in [6.07, 6.45) is 5.01. The molecule has 0 aliphatic carbocycles. The van der Waals surface area contributed by atoms with Gasteiger partial charge in [0.1, 0.15) is 0 Å². The van der Waals surface area contributed by atoms with Crippen LogP contribution in [0.2, 0.25) is 10.0 Å². The smallest absolute Gasteiger partial charge is 0.0827 e.